The molecule has 0 radical (unpaired) electrons. The minimum atomic E-state index is -0.350. The van der Waals surface area contributed by atoms with E-state index in [2.05, 4.69) is 24.1 Å². The van der Waals surface area contributed by atoms with Crippen molar-refractivity contribution in [1.29, 1.82) is 0 Å². The maximum atomic E-state index is 10.6. The lowest BCUT2D eigenvalue weighted by molar-refractivity contribution is -0.384. The van der Waals surface area contributed by atoms with Gasteiger partial charge in [-0.1, -0.05) is 26.0 Å². The third-order valence-corrected chi connectivity index (χ3v) is 4.08. The number of likely N-dealkylation sites (tertiary alicyclic amines) is 1. The number of nitrogens with one attached hydrogen (secondary N) is 1. The molecule has 21 heavy (non-hydrogen) atoms. The van der Waals surface area contributed by atoms with Crippen molar-refractivity contribution in [3.63, 3.8) is 0 Å². The van der Waals surface area contributed by atoms with Crippen LogP contribution in [0.5, 0.6) is 0 Å². The van der Waals surface area contributed by atoms with E-state index in [1.807, 2.05) is 12.1 Å². The summed E-state index contributed by atoms with van der Waals surface area (Å²) in [5, 5.41) is 14.2. The van der Waals surface area contributed by atoms with Gasteiger partial charge < -0.3 is 5.32 Å². The molecule has 1 saturated heterocycles. The van der Waals surface area contributed by atoms with Gasteiger partial charge >= 0.3 is 0 Å². The number of piperidine rings is 1. The molecule has 5 nitrogen and oxygen atoms in total. The van der Waals surface area contributed by atoms with Crippen LogP contribution in [0, 0.1) is 16.0 Å². The molecule has 0 unspecified atom stereocenters. The summed E-state index contributed by atoms with van der Waals surface area (Å²) in [7, 11) is 0. The van der Waals surface area contributed by atoms with Crippen molar-refractivity contribution in [2.24, 2.45) is 5.92 Å². The van der Waals surface area contributed by atoms with Crippen LogP contribution in [0.2, 0.25) is 0 Å². The summed E-state index contributed by atoms with van der Waals surface area (Å²) in [5.74, 6) is 0.778. The molecular weight excluding hydrogens is 266 g/mol. The lowest BCUT2D eigenvalue weighted by Gasteiger charge is -2.32. The first-order valence-corrected chi connectivity index (χ1v) is 7.73. The molecule has 1 heterocycles. The molecule has 5 heteroatoms. The first-order chi connectivity index (χ1) is 10.0. The molecule has 1 aliphatic heterocycles. The van der Waals surface area contributed by atoms with Crippen molar-refractivity contribution in [3.05, 3.63) is 39.9 Å². The van der Waals surface area contributed by atoms with E-state index in [4.69, 9.17) is 0 Å². The fraction of sp³-hybridized carbons (Fsp3) is 0.625. The molecule has 116 valence electrons. The molecule has 1 aromatic rings. The molecule has 0 spiro atoms. The number of benzene rings is 1. The maximum absolute atomic E-state index is 10.6. The largest absolute Gasteiger partial charge is 0.314 e. The van der Waals surface area contributed by atoms with E-state index in [0.29, 0.717) is 6.04 Å². The van der Waals surface area contributed by atoms with Gasteiger partial charge in [0, 0.05) is 24.7 Å². The van der Waals surface area contributed by atoms with Crippen LogP contribution in [-0.4, -0.2) is 35.5 Å². The first-order valence-electron chi connectivity index (χ1n) is 7.73. The summed E-state index contributed by atoms with van der Waals surface area (Å²) in [4.78, 5) is 12.7. The first kappa shape index (κ1) is 15.9. The average molecular weight is 291 g/mol. The highest BCUT2D eigenvalue weighted by Gasteiger charge is 2.19. The molecule has 0 aromatic heterocycles. The second-order valence-electron chi connectivity index (χ2n) is 6.21. The summed E-state index contributed by atoms with van der Waals surface area (Å²) in [5.41, 5.74) is 1.32. The Hall–Kier alpha value is -1.46. The quantitative estimate of drug-likeness (QED) is 0.647. The van der Waals surface area contributed by atoms with E-state index in [1.165, 1.54) is 12.8 Å². The molecule has 1 aromatic carbocycles. The van der Waals surface area contributed by atoms with Gasteiger partial charge in [0.2, 0.25) is 0 Å². The average Bonchev–Trinajstić information content (AvgIpc) is 2.47. The summed E-state index contributed by atoms with van der Waals surface area (Å²) in [6, 6.07) is 7.47. The van der Waals surface area contributed by atoms with Crippen LogP contribution < -0.4 is 5.32 Å². The van der Waals surface area contributed by atoms with Crippen LogP contribution in [0.25, 0.3) is 0 Å². The Kier molecular flexibility index (Phi) is 5.70. The van der Waals surface area contributed by atoms with Gasteiger partial charge in [0.05, 0.1) is 4.92 Å². The summed E-state index contributed by atoms with van der Waals surface area (Å²) in [6.07, 6.45) is 2.46. The Morgan fingerprint density at radius 3 is 2.43 bits per heavy atom. The Balaban J connectivity index is 1.76. The molecule has 0 saturated carbocycles. The van der Waals surface area contributed by atoms with Crippen molar-refractivity contribution in [2.75, 3.05) is 19.6 Å². The van der Waals surface area contributed by atoms with E-state index >= 15 is 0 Å². The zero-order valence-electron chi connectivity index (χ0n) is 12.9. The molecule has 1 N–H and O–H groups in total. The van der Waals surface area contributed by atoms with E-state index in [1.54, 1.807) is 12.1 Å². The van der Waals surface area contributed by atoms with Gasteiger partial charge in [0.25, 0.3) is 5.69 Å². The number of rotatable bonds is 6. The molecule has 0 bridgehead atoms. The molecule has 0 amide bonds. The Morgan fingerprint density at radius 2 is 1.90 bits per heavy atom. The van der Waals surface area contributed by atoms with E-state index < -0.39 is 0 Å². The maximum Gasteiger partial charge on any atom is 0.269 e. The summed E-state index contributed by atoms with van der Waals surface area (Å²) in [6.45, 7) is 8.60. The third kappa shape index (κ3) is 5.10. The summed E-state index contributed by atoms with van der Waals surface area (Å²) < 4.78 is 0. The van der Waals surface area contributed by atoms with E-state index in [0.717, 1.165) is 37.7 Å². The minimum absolute atomic E-state index is 0.164. The number of non-ortho nitro benzene ring substituents is 1. The predicted molar refractivity (Wildman–Crippen MR) is 84.2 cm³/mol. The summed E-state index contributed by atoms with van der Waals surface area (Å²) >= 11 is 0. The number of nitrogens with zero attached hydrogens (tertiary/aromatic N) is 2. The number of nitro groups is 1. The highest BCUT2D eigenvalue weighted by atomic mass is 16.6. The molecular formula is C16H25N3O2. The van der Waals surface area contributed by atoms with Crippen LogP contribution in [0.4, 0.5) is 5.69 Å². The SMILES string of the molecule is CC(C)NCC1CCN(Cc2ccc([N+](=O)[O-])cc2)CC1. The number of nitro benzene ring substituents is 1. The molecule has 1 aliphatic rings. The van der Waals surface area contributed by atoms with Crippen LogP contribution in [0.15, 0.2) is 24.3 Å². The second kappa shape index (κ2) is 7.52. The third-order valence-electron chi connectivity index (χ3n) is 4.08. The fourth-order valence-corrected chi connectivity index (χ4v) is 2.73. The van der Waals surface area contributed by atoms with Crippen molar-refractivity contribution in [3.8, 4) is 0 Å². The van der Waals surface area contributed by atoms with Gasteiger partial charge in [-0.25, -0.2) is 0 Å². The monoisotopic (exact) mass is 291 g/mol. The zero-order chi connectivity index (χ0) is 15.2. The van der Waals surface area contributed by atoms with Gasteiger partial charge in [-0.3, -0.25) is 15.0 Å². The fourth-order valence-electron chi connectivity index (χ4n) is 2.73. The molecule has 2 rings (SSSR count). The van der Waals surface area contributed by atoms with Crippen molar-refractivity contribution < 1.29 is 4.92 Å². The lowest BCUT2D eigenvalue weighted by atomic mass is 9.96. The number of hydrogen-bond donors (Lipinski definition) is 1. The molecule has 0 atom stereocenters. The Morgan fingerprint density at radius 1 is 1.29 bits per heavy atom. The molecule has 1 fully saturated rings. The highest BCUT2D eigenvalue weighted by Crippen LogP contribution is 2.19. The smallest absolute Gasteiger partial charge is 0.269 e. The van der Waals surface area contributed by atoms with Gasteiger partial charge in [-0.05, 0) is 44.0 Å². The van der Waals surface area contributed by atoms with Crippen molar-refractivity contribution >= 4 is 5.69 Å². The van der Waals surface area contributed by atoms with Crippen molar-refractivity contribution in [2.45, 2.75) is 39.3 Å². The van der Waals surface area contributed by atoms with Crippen LogP contribution in [0.1, 0.15) is 32.3 Å². The van der Waals surface area contributed by atoms with Crippen LogP contribution in [0.3, 0.4) is 0 Å². The minimum Gasteiger partial charge on any atom is -0.314 e. The lowest BCUT2D eigenvalue weighted by Crippen LogP contribution is -2.38. The Bertz CT molecular complexity index is 451. The normalized spacial score (nSPS) is 17.3. The van der Waals surface area contributed by atoms with Gasteiger partial charge in [0.15, 0.2) is 0 Å². The van der Waals surface area contributed by atoms with Gasteiger partial charge in [-0.15, -0.1) is 0 Å². The highest BCUT2D eigenvalue weighted by molar-refractivity contribution is 5.32. The second-order valence-corrected chi connectivity index (χ2v) is 6.21. The van der Waals surface area contributed by atoms with E-state index in [9.17, 15) is 10.1 Å². The van der Waals surface area contributed by atoms with Gasteiger partial charge in [0.1, 0.15) is 0 Å². The predicted octanol–water partition coefficient (Wildman–Crippen LogP) is 2.80. The number of hydrogen-bond acceptors (Lipinski definition) is 4. The Labute approximate surface area is 126 Å². The zero-order valence-corrected chi connectivity index (χ0v) is 12.9. The topological polar surface area (TPSA) is 58.4 Å². The van der Waals surface area contributed by atoms with E-state index in [-0.39, 0.29) is 10.6 Å². The standard InChI is InChI=1S/C16H25N3O2/c1-13(2)17-11-14-7-9-18(10-8-14)12-15-3-5-16(6-4-15)19(20)21/h3-6,13-14,17H,7-12H2,1-2H3. The van der Waals surface area contributed by atoms with Crippen LogP contribution in [-0.2, 0) is 6.54 Å². The van der Waals surface area contributed by atoms with Crippen LogP contribution >= 0.6 is 0 Å². The molecule has 0 aliphatic carbocycles. The van der Waals surface area contributed by atoms with Gasteiger partial charge in [-0.2, -0.15) is 0 Å². The van der Waals surface area contributed by atoms with Crippen molar-refractivity contribution in [1.82, 2.24) is 10.2 Å².